The molecule has 0 saturated heterocycles. The summed E-state index contributed by atoms with van der Waals surface area (Å²) in [6, 6.07) is 1.99. The highest BCUT2D eigenvalue weighted by atomic mass is 16.5. The Morgan fingerprint density at radius 2 is 1.77 bits per heavy atom. The smallest absolute Gasteiger partial charge is 0.329 e. The van der Waals surface area contributed by atoms with Gasteiger partial charge in [0.05, 0.1) is 0 Å². The fourth-order valence-electron chi connectivity index (χ4n) is 3.23. The molecule has 206 valence electrons. The van der Waals surface area contributed by atoms with Crippen LogP contribution in [0.5, 0.6) is 0 Å². The number of nitrogens with two attached hydrogens (primary N) is 1. The molecule has 6 N–H and O–H groups in total. The van der Waals surface area contributed by atoms with E-state index < -0.39 is 29.9 Å². The molecule has 0 fully saturated rings. The number of primary amides is 1. The highest BCUT2D eigenvalue weighted by Crippen LogP contribution is 2.17. The van der Waals surface area contributed by atoms with Gasteiger partial charge in [0.2, 0.25) is 17.7 Å². The van der Waals surface area contributed by atoms with Crippen molar-refractivity contribution in [2.24, 2.45) is 10.7 Å². The Labute approximate surface area is 227 Å². The van der Waals surface area contributed by atoms with E-state index >= 15 is 0 Å². The van der Waals surface area contributed by atoms with Crippen molar-refractivity contribution in [1.82, 2.24) is 10.3 Å². The van der Waals surface area contributed by atoms with Crippen molar-refractivity contribution in [3.8, 4) is 0 Å². The number of ether oxygens (including phenoxy) is 1. The largest absolute Gasteiger partial charge is 0.480 e. The van der Waals surface area contributed by atoms with E-state index in [1.54, 1.807) is 24.3 Å². The molecule has 1 aliphatic heterocycles. The molecule has 10 nitrogen and oxygen atoms in total. The number of hydrogen-bond donors (Lipinski definition) is 5. The molecular formula is C29H34N4O6. The van der Waals surface area contributed by atoms with Crippen molar-refractivity contribution in [3.63, 3.8) is 0 Å². The van der Waals surface area contributed by atoms with Gasteiger partial charge in [-0.2, -0.15) is 0 Å². The lowest BCUT2D eigenvalue weighted by molar-refractivity contribution is -0.148. The molecule has 0 radical (unpaired) electrons. The molecule has 1 aromatic rings. The fourth-order valence-corrected chi connectivity index (χ4v) is 3.23. The molecule has 4 atom stereocenters. The molecule has 1 aromatic heterocycles. The van der Waals surface area contributed by atoms with Crippen molar-refractivity contribution in [3.05, 3.63) is 102 Å². The Morgan fingerprint density at radius 1 is 1.10 bits per heavy atom. The number of carbonyl (C=O) groups excluding carboxylic acids is 2. The van der Waals surface area contributed by atoms with Crippen LogP contribution in [0.1, 0.15) is 26.5 Å². The molecule has 0 aliphatic carbocycles. The lowest BCUT2D eigenvalue weighted by Gasteiger charge is -2.17. The Bertz CT molecular complexity index is 1250. The first-order valence-corrected chi connectivity index (χ1v) is 12.2. The van der Waals surface area contributed by atoms with Crippen LogP contribution in [0, 0.1) is 0 Å². The number of nitrogens with one attached hydrogen (secondary N) is 2. The fraction of sp³-hybridized carbons (Fsp3) is 0.241. The Balaban J connectivity index is 1.82. The number of aliphatic hydroxyl groups excluding tert-OH is 1. The summed E-state index contributed by atoms with van der Waals surface area (Å²) in [4.78, 5) is 42.0. The third kappa shape index (κ3) is 10.7. The number of allylic oxidation sites excluding steroid dienone is 10. The predicted molar refractivity (Wildman–Crippen MR) is 150 cm³/mol. The molecule has 2 heterocycles. The number of aromatic amines is 1. The average molecular weight is 535 g/mol. The number of nitrogens with zero attached hydrogens (tertiary/aromatic N) is 1. The number of aliphatic hydroxyl groups is 1. The molecule has 0 bridgehead atoms. The van der Waals surface area contributed by atoms with Crippen LogP contribution in [-0.2, 0) is 19.1 Å². The second-order valence-electron chi connectivity index (χ2n) is 8.65. The number of aliphatic imine (C=N–C) groups is 1. The van der Waals surface area contributed by atoms with E-state index in [9.17, 15) is 19.5 Å². The molecule has 2 rings (SSSR count). The second kappa shape index (κ2) is 15.5. The number of H-pyrrole nitrogens is 1. The van der Waals surface area contributed by atoms with E-state index in [0.717, 1.165) is 11.3 Å². The Morgan fingerprint density at radius 3 is 2.38 bits per heavy atom. The lowest BCUT2D eigenvalue weighted by atomic mass is 10.1. The van der Waals surface area contributed by atoms with E-state index in [0.29, 0.717) is 5.90 Å². The third-order valence-corrected chi connectivity index (χ3v) is 5.42. The van der Waals surface area contributed by atoms with Crippen molar-refractivity contribution in [1.29, 1.82) is 0 Å². The normalized spacial score (nSPS) is 20.3. The van der Waals surface area contributed by atoms with Gasteiger partial charge < -0.3 is 31.0 Å². The third-order valence-electron chi connectivity index (χ3n) is 5.42. The maximum Gasteiger partial charge on any atom is 0.329 e. The maximum absolute atomic E-state index is 12.1. The van der Waals surface area contributed by atoms with Gasteiger partial charge in [-0.3, -0.25) is 9.59 Å². The standard InChI is InChI=1S/C29H34N4O6/c1-19(18-23-21(3)39-24(32-23)16-15-22-14-11-17-31-22)12-9-7-5-4-6-8-10-13-20(2)28(36)33-25(29(37)38)26(34)27(30)35/h4-18,21,23,25-26,31,34H,1-3H3,(H2,30,35)(H,33,36)(H,37,38)/b6-4+,7-5+,10-8+,12-9+,16-15+,19-18+,20-13+/t21-,23-,25+,26-/m1/s1. The van der Waals surface area contributed by atoms with Gasteiger partial charge in [-0.1, -0.05) is 66.3 Å². The highest BCUT2D eigenvalue weighted by molar-refractivity contribution is 5.97. The zero-order valence-corrected chi connectivity index (χ0v) is 22.0. The molecule has 0 aromatic carbocycles. The van der Waals surface area contributed by atoms with E-state index in [1.165, 1.54) is 13.0 Å². The second-order valence-corrected chi connectivity index (χ2v) is 8.65. The van der Waals surface area contributed by atoms with E-state index in [-0.39, 0.29) is 17.7 Å². The zero-order chi connectivity index (χ0) is 28.8. The predicted octanol–water partition coefficient (Wildman–Crippen LogP) is 2.75. The summed E-state index contributed by atoms with van der Waals surface area (Å²) >= 11 is 0. The summed E-state index contributed by atoms with van der Waals surface area (Å²) < 4.78 is 5.81. The summed E-state index contributed by atoms with van der Waals surface area (Å²) in [7, 11) is 0. The minimum Gasteiger partial charge on any atom is -0.480 e. The number of aliphatic carboxylic acids is 1. The van der Waals surface area contributed by atoms with E-state index in [4.69, 9.17) is 15.6 Å². The molecule has 0 unspecified atom stereocenters. The highest BCUT2D eigenvalue weighted by Gasteiger charge is 2.32. The average Bonchev–Trinajstić information content (AvgIpc) is 3.53. The van der Waals surface area contributed by atoms with Gasteiger partial charge in [0, 0.05) is 23.5 Å². The minimum atomic E-state index is -2.04. The maximum atomic E-state index is 12.1. The van der Waals surface area contributed by atoms with Crippen LogP contribution in [0.3, 0.4) is 0 Å². The molecule has 39 heavy (non-hydrogen) atoms. The number of carbonyl (C=O) groups is 3. The first-order chi connectivity index (χ1) is 18.6. The van der Waals surface area contributed by atoms with Crippen molar-refractivity contribution in [2.75, 3.05) is 0 Å². The van der Waals surface area contributed by atoms with Gasteiger partial charge in [-0.05, 0) is 39.0 Å². The Kier molecular flexibility index (Phi) is 12.2. The number of amides is 2. The number of carboxylic acids is 1. The summed E-state index contributed by atoms with van der Waals surface area (Å²) in [5.41, 5.74) is 7.11. The summed E-state index contributed by atoms with van der Waals surface area (Å²) in [6.45, 7) is 5.44. The van der Waals surface area contributed by atoms with Crippen LogP contribution in [0.25, 0.3) is 6.08 Å². The zero-order valence-electron chi connectivity index (χ0n) is 22.0. The van der Waals surface area contributed by atoms with Crippen molar-refractivity contribution >= 4 is 29.8 Å². The van der Waals surface area contributed by atoms with Crippen LogP contribution in [-0.4, -0.2) is 63.2 Å². The first kappa shape index (κ1) is 30.5. The first-order valence-electron chi connectivity index (χ1n) is 12.2. The van der Waals surface area contributed by atoms with E-state index in [2.05, 4.69) is 21.4 Å². The molecule has 10 heteroatoms. The van der Waals surface area contributed by atoms with Gasteiger partial charge in [-0.15, -0.1) is 0 Å². The monoisotopic (exact) mass is 534 g/mol. The lowest BCUT2D eigenvalue weighted by Crippen LogP contribution is -2.53. The molecule has 1 aliphatic rings. The van der Waals surface area contributed by atoms with Crippen molar-refractivity contribution < 1.29 is 29.3 Å². The molecular weight excluding hydrogens is 500 g/mol. The van der Waals surface area contributed by atoms with Crippen molar-refractivity contribution in [2.45, 2.75) is 45.1 Å². The van der Waals surface area contributed by atoms with E-state index in [1.807, 2.05) is 68.6 Å². The number of hydrogen-bond acceptors (Lipinski definition) is 6. The van der Waals surface area contributed by atoms with Crippen LogP contribution in [0.15, 0.2) is 101 Å². The molecule has 0 saturated carbocycles. The van der Waals surface area contributed by atoms with Crippen LogP contribution in [0.4, 0.5) is 0 Å². The van der Waals surface area contributed by atoms with Crippen LogP contribution in [0.2, 0.25) is 0 Å². The molecule has 0 spiro atoms. The van der Waals surface area contributed by atoms with Gasteiger partial charge in [0.15, 0.2) is 12.1 Å². The SMILES string of the molecule is CC(/C=C/C=C/C=C/C=C/C=C(\C)C(=O)N[C@H](C(=O)O)[C@@H](O)C(N)=O)=C\[C@H]1N=C(/C=C/c2ccc[nH]2)O[C@@H]1C. The topological polar surface area (TPSA) is 167 Å². The quantitative estimate of drug-likeness (QED) is 0.193. The van der Waals surface area contributed by atoms with Gasteiger partial charge in [0.1, 0.15) is 12.1 Å². The van der Waals surface area contributed by atoms with Gasteiger partial charge in [0.25, 0.3) is 0 Å². The van der Waals surface area contributed by atoms with Gasteiger partial charge >= 0.3 is 5.97 Å². The number of rotatable bonds is 13. The summed E-state index contributed by atoms with van der Waals surface area (Å²) in [5, 5.41) is 20.7. The molecule has 2 amide bonds. The number of carboxylic acid groups (broad SMARTS) is 1. The number of aromatic nitrogens is 1. The summed E-state index contributed by atoms with van der Waals surface area (Å²) in [6.07, 6.45) is 21.5. The minimum absolute atomic E-state index is 0.0500. The Hall–Kier alpha value is -4.70. The van der Waals surface area contributed by atoms with Gasteiger partial charge in [-0.25, -0.2) is 9.79 Å². The van der Waals surface area contributed by atoms with Crippen LogP contribution >= 0.6 is 0 Å². The van der Waals surface area contributed by atoms with Crippen LogP contribution < -0.4 is 11.1 Å². The summed E-state index contributed by atoms with van der Waals surface area (Å²) in [5.74, 6) is -2.97.